The largest absolute Gasteiger partial charge is 0.323 e. The van der Waals surface area contributed by atoms with E-state index in [2.05, 4.69) is 16.8 Å². The second-order valence-corrected chi connectivity index (χ2v) is 10.9. The molecule has 0 spiro atoms. The van der Waals surface area contributed by atoms with E-state index in [-0.39, 0.29) is 10.0 Å². The van der Waals surface area contributed by atoms with Gasteiger partial charge in [-0.15, -0.1) is 0 Å². The van der Waals surface area contributed by atoms with Gasteiger partial charge in [-0.2, -0.15) is 0 Å². The molecule has 0 unspecified atom stereocenters. The summed E-state index contributed by atoms with van der Waals surface area (Å²) in [5.41, 5.74) is 3.83. The van der Waals surface area contributed by atoms with Crippen molar-refractivity contribution >= 4 is 45.2 Å². The molecule has 0 saturated carbocycles. The van der Waals surface area contributed by atoms with E-state index in [0.29, 0.717) is 23.1 Å². The number of nitrogens with one attached hydrogen (secondary N) is 1. The minimum absolute atomic E-state index is 0.00434. The Morgan fingerprint density at radius 1 is 0.974 bits per heavy atom. The third kappa shape index (κ3) is 6.73. The van der Waals surface area contributed by atoms with Gasteiger partial charge in [-0.1, -0.05) is 77.0 Å². The van der Waals surface area contributed by atoms with Crippen molar-refractivity contribution in [2.24, 2.45) is 0 Å². The molecule has 0 atom stereocenters. The molecule has 4 rings (SSSR count). The van der Waals surface area contributed by atoms with Crippen LogP contribution in [0.1, 0.15) is 33.8 Å². The Morgan fingerprint density at radius 2 is 1.66 bits per heavy atom. The van der Waals surface area contributed by atoms with Crippen molar-refractivity contribution in [3.05, 3.63) is 123 Å². The van der Waals surface area contributed by atoms with E-state index in [4.69, 9.17) is 23.2 Å². The van der Waals surface area contributed by atoms with E-state index >= 15 is 0 Å². The Morgan fingerprint density at radius 3 is 2.34 bits per heavy atom. The summed E-state index contributed by atoms with van der Waals surface area (Å²) in [7, 11) is -4.01. The van der Waals surface area contributed by atoms with Gasteiger partial charge in [0.25, 0.3) is 15.9 Å². The smallest absolute Gasteiger partial charge is 0.264 e. The number of rotatable bonds is 6. The van der Waals surface area contributed by atoms with Gasteiger partial charge in [-0.25, -0.2) is 18.1 Å². The molecule has 1 aromatic heterocycles. The van der Waals surface area contributed by atoms with Crippen LogP contribution in [0, 0.1) is 25.7 Å². The van der Waals surface area contributed by atoms with Gasteiger partial charge in [0.15, 0.2) is 5.15 Å². The summed E-state index contributed by atoms with van der Waals surface area (Å²) in [6, 6.07) is 21.4. The number of nitrogens with zero attached hydrogens (tertiary/aromatic N) is 2. The fourth-order valence-corrected chi connectivity index (χ4v) is 5.06. The molecule has 1 heterocycles. The topological polar surface area (TPSA) is 81.1 Å². The van der Waals surface area contributed by atoms with Crippen molar-refractivity contribution in [2.75, 3.05) is 0 Å². The molecule has 0 bridgehead atoms. The van der Waals surface area contributed by atoms with E-state index in [9.17, 15) is 13.2 Å². The van der Waals surface area contributed by atoms with E-state index in [1.54, 1.807) is 29.7 Å². The highest BCUT2D eigenvalue weighted by Gasteiger charge is 2.17. The first-order chi connectivity index (χ1) is 18.1. The zero-order valence-electron chi connectivity index (χ0n) is 20.6. The first-order valence-corrected chi connectivity index (χ1v) is 13.8. The van der Waals surface area contributed by atoms with Gasteiger partial charge in [0.1, 0.15) is 5.82 Å². The van der Waals surface area contributed by atoms with Crippen LogP contribution in [0.2, 0.25) is 10.2 Å². The first kappa shape index (κ1) is 27.2. The molecule has 0 fully saturated rings. The number of carbonyl (C=O) groups is 1. The average Bonchev–Trinajstić information content (AvgIpc) is 3.15. The van der Waals surface area contributed by atoms with Crippen molar-refractivity contribution in [1.82, 2.24) is 14.3 Å². The lowest BCUT2D eigenvalue weighted by Crippen LogP contribution is -2.29. The molecule has 1 N–H and O–H groups in total. The maximum absolute atomic E-state index is 12.5. The number of imidazole rings is 1. The Bertz CT molecular complexity index is 1680. The van der Waals surface area contributed by atoms with E-state index in [0.717, 1.165) is 28.3 Å². The maximum atomic E-state index is 12.5. The van der Waals surface area contributed by atoms with Gasteiger partial charge in [0.05, 0.1) is 17.1 Å². The Hall–Kier alpha value is -3.83. The van der Waals surface area contributed by atoms with Gasteiger partial charge in [0.2, 0.25) is 0 Å². The quantitative estimate of drug-likeness (QED) is 0.238. The minimum Gasteiger partial charge on any atom is -0.323 e. The van der Waals surface area contributed by atoms with Crippen LogP contribution in [0.5, 0.6) is 0 Å². The number of hydrogen-bond donors (Lipinski definition) is 1. The van der Waals surface area contributed by atoms with Gasteiger partial charge < -0.3 is 4.57 Å². The van der Waals surface area contributed by atoms with Crippen molar-refractivity contribution < 1.29 is 13.2 Å². The summed E-state index contributed by atoms with van der Waals surface area (Å²) in [5.74, 6) is 6.00. The molecule has 0 aliphatic rings. The van der Waals surface area contributed by atoms with Crippen molar-refractivity contribution in [1.29, 1.82) is 0 Å². The summed E-state index contributed by atoms with van der Waals surface area (Å²) in [6.45, 7) is 3.95. The zero-order chi connectivity index (χ0) is 27.3. The lowest BCUT2D eigenvalue weighted by molar-refractivity contribution is -0.114. The molecule has 9 heteroatoms. The summed E-state index contributed by atoms with van der Waals surface area (Å²) >= 11 is 12.9. The van der Waals surface area contributed by atoms with E-state index in [1.807, 2.05) is 54.1 Å². The molecule has 0 aliphatic heterocycles. The highest BCUT2D eigenvalue weighted by molar-refractivity contribution is 7.90. The van der Waals surface area contributed by atoms with Crippen molar-refractivity contribution in [3.63, 3.8) is 0 Å². The number of aryl methyl sites for hydroxylation is 2. The second-order valence-electron chi connectivity index (χ2n) is 8.46. The van der Waals surface area contributed by atoms with Crippen LogP contribution in [-0.4, -0.2) is 23.9 Å². The average molecular weight is 564 g/mol. The molecule has 4 aromatic rings. The fraction of sp³-hybridized carbons (Fsp3) is 0.103. The van der Waals surface area contributed by atoms with Crippen LogP contribution < -0.4 is 4.72 Å². The lowest BCUT2D eigenvalue weighted by atomic mass is 10.1. The summed E-state index contributed by atoms with van der Waals surface area (Å²) < 4.78 is 28.8. The normalized spacial score (nSPS) is 11.3. The molecule has 0 aliphatic carbocycles. The van der Waals surface area contributed by atoms with Crippen LogP contribution in [-0.2, 0) is 21.4 Å². The summed E-state index contributed by atoms with van der Waals surface area (Å²) in [5, 5.41) is 0.695. The number of amides is 1. The minimum atomic E-state index is -4.01. The van der Waals surface area contributed by atoms with E-state index in [1.165, 1.54) is 18.2 Å². The van der Waals surface area contributed by atoms with Crippen LogP contribution >= 0.6 is 23.2 Å². The highest BCUT2D eigenvalue weighted by Crippen LogP contribution is 2.24. The molecule has 1 amide bonds. The highest BCUT2D eigenvalue weighted by atomic mass is 35.5. The molecule has 3 aromatic carbocycles. The molecular formula is C29H23Cl2N3O3S. The molecule has 192 valence electrons. The Balaban J connectivity index is 1.51. The number of sulfonamides is 1. The summed E-state index contributed by atoms with van der Waals surface area (Å²) in [6.07, 6.45) is 2.53. The van der Waals surface area contributed by atoms with Gasteiger partial charge in [-0.3, -0.25) is 4.79 Å². The zero-order valence-corrected chi connectivity index (χ0v) is 22.9. The van der Waals surface area contributed by atoms with E-state index < -0.39 is 15.9 Å². The first-order valence-electron chi connectivity index (χ1n) is 11.5. The third-order valence-electron chi connectivity index (χ3n) is 5.62. The van der Waals surface area contributed by atoms with Crippen molar-refractivity contribution in [3.8, 4) is 11.8 Å². The predicted octanol–water partition coefficient (Wildman–Crippen LogP) is 5.77. The maximum Gasteiger partial charge on any atom is 0.264 e. The van der Waals surface area contributed by atoms with Crippen LogP contribution in [0.15, 0.2) is 83.8 Å². The molecule has 6 nitrogen and oxygen atoms in total. The van der Waals surface area contributed by atoms with Gasteiger partial charge in [-0.05, 0) is 61.9 Å². The molecule has 0 saturated heterocycles. The molecule has 0 radical (unpaired) electrons. The predicted molar refractivity (Wildman–Crippen MR) is 150 cm³/mol. The second kappa shape index (κ2) is 11.7. The number of carbonyl (C=O) groups excluding carboxylic acids is 1. The Labute approximate surface area is 232 Å². The lowest BCUT2D eigenvalue weighted by Gasteiger charge is -2.10. The fourth-order valence-electron chi connectivity index (χ4n) is 3.59. The van der Waals surface area contributed by atoms with Gasteiger partial charge in [0, 0.05) is 22.2 Å². The monoisotopic (exact) mass is 563 g/mol. The standard InChI is InChI=1S/C29H23Cl2N3O3S/c1-20-8-14-25(15-9-20)38(36,37)33-28(35)17-16-27-29(31)32-21(2)34(27)19-24-13-12-23(18-26(24)30)11-10-22-6-4-3-5-7-22/h3-9,12-18H,19H2,1-2H3,(H,33,35). The van der Waals surface area contributed by atoms with Gasteiger partial charge >= 0.3 is 0 Å². The number of halogens is 2. The molecular weight excluding hydrogens is 541 g/mol. The van der Waals surface area contributed by atoms with Crippen molar-refractivity contribution in [2.45, 2.75) is 25.3 Å². The number of aromatic nitrogens is 2. The number of benzene rings is 3. The number of hydrogen-bond acceptors (Lipinski definition) is 4. The third-order valence-corrected chi connectivity index (χ3v) is 7.61. The Kier molecular flexibility index (Phi) is 8.38. The van der Waals surface area contributed by atoms with Crippen LogP contribution in [0.25, 0.3) is 6.08 Å². The van der Waals surface area contributed by atoms with Crippen LogP contribution in [0.4, 0.5) is 0 Å². The SMILES string of the molecule is Cc1ccc(S(=O)(=O)NC(=O)C=Cc2c(Cl)nc(C)n2Cc2ccc(C#Cc3ccccc3)cc2Cl)cc1. The summed E-state index contributed by atoms with van der Waals surface area (Å²) in [4.78, 5) is 16.7. The van der Waals surface area contributed by atoms with Crippen LogP contribution in [0.3, 0.4) is 0 Å². The molecule has 38 heavy (non-hydrogen) atoms.